The van der Waals surface area contributed by atoms with Crippen LogP contribution in [-0.4, -0.2) is 20.7 Å². The van der Waals surface area contributed by atoms with Gasteiger partial charge in [-0.1, -0.05) is 17.7 Å². The molecule has 0 saturated carbocycles. The normalized spacial score (nSPS) is 10.3. The monoisotopic (exact) mass is 314 g/mol. The molecule has 1 aromatic carbocycles. The molecule has 7 heteroatoms. The summed E-state index contributed by atoms with van der Waals surface area (Å²) >= 11 is 9.28. The molecule has 88 valence electrons. The van der Waals surface area contributed by atoms with Crippen molar-refractivity contribution in [3.05, 3.63) is 39.6 Å². The number of nitrogens with zero attached hydrogens (tertiary/aromatic N) is 3. The zero-order valence-corrected chi connectivity index (χ0v) is 11.2. The molecule has 0 aliphatic heterocycles. The van der Waals surface area contributed by atoms with E-state index in [1.165, 1.54) is 11.0 Å². The Morgan fingerprint density at radius 3 is 2.94 bits per heavy atom. The van der Waals surface area contributed by atoms with Gasteiger partial charge < -0.3 is 0 Å². The number of aromatic nitrogens is 3. The molecular formula is C10H8BrClN4O. The second-order valence-electron chi connectivity index (χ2n) is 3.26. The lowest BCUT2D eigenvalue weighted by molar-refractivity contribution is 0.102. The van der Waals surface area contributed by atoms with Crippen LogP contribution in [-0.2, 0) is 7.05 Å². The van der Waals surface area contributed by atoms with Crippen LogP contribution >= 0.6 is 27.5 Å². The number of halogens is 2. The molecule has 2 rings (SSSR count). The van der Waals surface area contributed by atoms with Gasteiger partial charge in [-0.25, -0.2) is 4.68 Å². The minimum Gasteiger partial charge on any atom is -0.291 e. The Morgan fingerprint density at radius 2 is 2.29 bits per heavy atom. The maximum atomic E-state index is 11.9. The summed E-state index contributed by atoms with van der Waals surface area (Å²) in [4.78, 5) is 15.8. The van der Waals surface area contributed by atoms with Gasteiger partial charge in [0.05, 0.1) is 10.6 Å². The lowest BCUT2D eigenvalue weighted by Gasteiger charge is -2.06. The standard InChI is InChI=1S/C10H8BrClN4O/c1-16-10(13-5-14-16)15-9(17)6-3-2-4-7(11)8(6)12/h2-5H,1H3,(H,13,14,15,17). The van der Waals surface area contributed by atoms with E-state index in [9.17, 15) is 4.79 Å². The van der Waals surface area contributed by atoms with Crippen molar-refractivity contribution in [1.29, 1.82) is 0 Å². The average molecular weight is 316 g/mol. The molecule has 0 radical (unpaired) electrons. The van der Waals surface area contributed by atoms with Crippen LogP contribution in [0.15, 0.2) is 29.0 Å². The van der Waals surface area contributed by atoms with Gasteiger partial charge in [0.2, 0.25) is 5.95 Å². The number of amides is 1. The minimum absolute atomic E-state index is 0.326. The first-order valence-electron chi connectivity index (χ1n) is 4.69. The molecule has 0 atom stereocenters. The second-order valence-corrected chi connectivity index (χ2v) is 4.50. The van der Waals surface area contributed by atoms with Crippen molar-refractivity contribution in [3.8, 4) is 0 Å². The molecule has 0 fully saturated rings. The molecule has 0 bridgehead atoms. The van der Waals surface area contributed by atoms with Crippen LogP contribution in [0.1, 0.15) is 10.4 Å². The van der Waals surface area contributed by atoms with Crippen molar-refractivity contribution in [2.24, 2.45) is 7.05 Å². The van der Waals surface area contributed by atoms with Crippen molar-refractivity contribution >= 4 is 39.4 Å². The number of carbonyl (C=O) groups excluding carboxylic acids is 1. The Bertz CT molecular complexity index is 569. The van der Waals surface area contributed by atoms with E-state index in [4.69, 9.17) is 11.6 Å². The summed E-state index contributed by atoms with van der Waals surface area (Å²) in [6.07, 6.45) is 1.36. The maximum Gasteiger partial charge on any atom is 0.259 e. The van der Waals surface area contributed by atoms with Gasteiger partial charge in [-0.3, -0.25) is 10.1 Å². The number of hydrogen-bond acceptors (Lipinski definition) is 3. The summed E-state index contributed by atoms with van der Waals surface area (Å²) in [5, 5.41) is 6.84. The number of anilines is 1. The molecule has 5 nitrogen and oxygen atoms in total. The average Bonchev–Trinajstić information content (AvgIpc) is 2.68. The van der Waals surface area contributed by atoms with Crippen LogP contribution in [0, 0.1) is 0 Å². The number of aryl methyl sites for hydroxylation is 1. The van der Waals surface area contributed by atoms with Gasteiger partial charge in [0, 0.05) is 11.5 Å². The van der Waals surface area contributed by atoms with E-state index in [1.807, 2.05) is 0 Å². The van der Waals surface area contributed by atoms with Crippen LogP contribution < -0.4 is 5.32 Å². The zero-order valence-electron chi connectivity index (χ0n) is 8.82. The van der Waals surface area contributed by atoms with E-state index in [0.29, 0.717) is 21.0 Å². The van der Waals surface area contributed by atoms with Gasteiger partial charge in [0.25, 0.3) is 5.91 Å². The van der Waals surface area contributed by atoms with Crippen molar-refractivity contribution in [1.82, 2.24) is 14.8 Å². The first kappa shape index (κ1) is 12.1. The van der Waals surface area contributed by atoms with Gasteiger partial charge >= 0.3 is 0 Å². The number of nitrogens with one attached hydrogen (secondary N) is 1. The van der Waals surface area contributed by atoms with Gasteiger partial charge in [-0.2, -0.15) is 10.1 Å². The molecule has 0 unspecified atom stereocenters. The lowest BCUT2D eigenvalue weighted by atomic mass is 10.2. The zero-order chi connectivity index (χ0) is 12.4. The third-order valence-electron chi connectivity index (χ3n) is 2.13. The molecular weight excluding hydrogens is 307 g/mol. The third kappa shape index (κ3) is 2.48. The topological polar surface area (TPSA) is 59.8 Å². The number of hydrogen-bond donors (Lipinski definition) is 1. The quantitative estimate of drug-likeness (QED) is 0.926. The van der Waals surface area contributed by atoms with Crippen molar-refractivity contribution in [3.63, 3.8) is 0 Å². The van der Waals surface area contributed by atoms with Crippen LogP contribution in [0.4, 0.5) is 5.95 Å². The van der Waals surface area contributed by atoms with Crippen molar-refractivity contribution in [2.45, 2.75) is 0 Å². The third-order valence-corrected chi connectivity index (χ3v) is 3.43. The highest BCUT2D eigenvalue weighted by Crippen LogP contribution is 2.26. The van der Waals surface area contributed by atoms with Gasteiger partial charge in [-0.05, 0) is 28.1 Å². The molecule has 1 aromatic heterocycles. The highest BCUT2D eigenvalue weighted by Gasteiger charge is 2.14. The Kier molecular flexibility index (Phi) is 3.44. The van der Waals surface area contributed by atoms with Crippen LogP contribution in [0.25, 0.3) is 0 Å². The number of carbonyl (C=O) groups is 1. The van der Waals surface area contributed by atoms with E-state index in [0.717, 1.165) is 0 Å². The fraction of sp³-hybridized carbons (Fsp3) is 0.100. The lowest BCUT2D eigenvalue weighted by Crippen LogP contribution is -2.15. The van der Waals surface area contributed by atoms with E-state index >= 15 is 0 Å². The second kappa shape index (κ2) is 4.85. The number of benzene rings is 1. The molecule has 0 spiro atoms. The van der Waals surface area contributed by atoms with Crippen LogP contribution in [0.2, 0.25) is 5.02 Å². The van der Waals surface area contributed by atoms with Crippen molar-refractivity contribution < 1.29 is 4.79 Å². The summed E-state index contributed by atoms with van der Waals surface area (Å²) in [6.45, 7) is 0. The minimum atomic E-state index is -0.326. The molecule has 17 heavy (non-hydrogen) atoms. The van der Waals surface area contributed by atoms with Gasteiger partial charge in [0.1, 0.15) is 6.33 Å². The highest BCUT2D eigenvalue weighted by atomic mass is 79.9. The first-order chi connectivity index (χ1) is 8.09. The summed E-state index contributed by atoms with van der Waals surface area (Å²) < 4.78 is 2.13. The Hall–Kier alpha value is -1.40. The van der Waals surface area contributed by atoms with Crippen molar-refractivity contribution in [2.75, 3.05) is 5.32 Å². The maximum absolute atomic E-state index is 11.9. The van der Waals surface area contributed by atoms with Gasteiger partial charge in [0.15, 0.2) is 0 Å². The smallest absolute Gasteiger partial charge is 0.259 e. The Labute approximate surface area is 111 Å². The molecule has 1 heterocycles. The predicted octanol–water partition coefficient (Wildman–Crippen LogP) is 2.48. The van der Waals surface area contributed by atoms with Gasteiger partial charge in [-0.15, -0.1) is 0 Å². The van der Waals surface area contributed by atoms with E-state index in [-0.39, 0.29) is 5.91 Å². The molecule has 1 amide bonds. The molecule has 0 saturated heterocycles. The SMILES string of the molecule is Cn1ncnc1NC(=O)c1cccc(Br)c1Cl. The van der Waals surface area contributed by atoms with E-state index in [2.05, 4.69) is 31.3 Å². The molecule has 0 aliphatic rings. The summed E-state index contributed by atoms with van der Waals surface area (Å²) in [7, 11) is 1.69. The largest absolute Gasteiger partial charge is 0.291 e. The Morgan fingerprint density at radius 1 is 1.53 bits per heavy atom. The Balaban J connectivity index is 2.27. The predicted molar refractivity (Wildman–Crippen MR) is 68.1 cm³/mol. The van der Waals surface area contributed by atoms with E-state index in [1.54, 1.807) is 25.2 Å². The highest BCUT2D eigenvalue weighted by molar-refractivity contribution is 9.10. The van der Waals surface area contributed by atoms with E-state index < -0.39 is 0 Å². The summed E-state index contributed by atoms with van der Waals surface area (Å²) in [5.41, 5.74) is 0.379. The summed E-state index contributed by atoms with van der Waals surface area (Å²) in [5.74, 6) is 0.0402. The summed E-state index contributed by atoms with van der Waals surface area (Å²) in [6, 6.07) is 5.14. The number of rotatable bonds is 2. The van der Waals surface area contributed by atoms with Crippen LogP contribution in [0.5, 0.6) is 0 Å². The first-order valence-corrected chi connectivity index (χ1v) is 5.86. The fourth-order valence-electron chi connectivity index (χ4n) is 1.26. The molecule has 1 N–H and O–H groups in total. The molecule has 0 aliphatic carbocycles. The fourth-order valence-corrected chi connectivity index (χ4v) is 1.84. The molecule has 2 aromatic rings. The van der Waals surface area contributed by atoms with Crippen LogP contribution in [0.3, 0.4) is 0 Å².